The summed E-state index contributed by atoms with van der Waals surface area (Å²) in [6.45, 7) is 17.8. The van der Waals surface area contributed by atoms with Crippen LogP contribution in [0.15, 0.2) is 11.6 Å². The van der Waals surface area contributed by atoms with E-state index < -0.39 is 6.10 Å². The van der Waals surface area contributed by atoms with Crippen molar-refractivity contribution in [3.63, 3.8) is 0 Å². The maximum absolute atomic E-state index is 13.0. The van der Waals surface area contributed by atoms with Crippen molar-refractivity contribution in [3.8, 4) is 0 Å². The molecule has 0 aromatic rings. The van der Waals surface area contributed by atoms with E-state index in [1.54, 1.807) is 0 Å². The lowest BCUT2D eigenvalue weighted by Crippen LogP contribution is -2.60. The standard InChI is InChI=1S/C31H52N2O5/c1-28(2)15-23(16-29(3,4)32-28)37-26(34)21-11-9-20(10-12-21)22-13-14-25(36-19-22)27(35)38-24-17-30(5,6)33-31(7,8)18-24/h13,20-21,23-25,32-33H,9-12,14-19H2,1-8H3. The van der Waals surface area contributed by atoms with Crippen molar-refractivity contribution in [3.05, 3.63) is 11.6 Å². The van der Waals surface area contributed by atoms with E-state index >= 15 is 0 Å². The Morgan fingerprint density at radius 1 is 0.737 bits per heavy atom. The second-order valence-corrected chi connectivity index (χ2v) is 15.1. The first-order valence-corrected chi connectivity index (χ1v) is 14.8. The largest absolute Gasteiger partial charge is 0.462 e. The third-order valence-corrected chi connectivity index (χ3v) is 8.76. The van der Waals surface area contributed by atoms with Crippen molar-refractivity contribution in [2.24, 2.45) is 11.8 Å². The van der Waals surface area contributed by atoms with E-state index in [4.69, 9.17) is 14.2 Å². The Morgan fingerprint density at radius 3 is 1.61 bits per heavy atom. The summed E-state index contributed by atoms with van der Waals surface area (Å²) in [6, 6.07) is 0. The Kier molecular flexibility index (Phi) is 8.44. The molecule has 2 N–H and O–H groups in total. The molecule has 1 atom stereocenters. The zero-order chi connectivity index (χ0) is 27.9. The van der Waals surface area contributed by atoms with Crippen molar-refractivity contribution in [1.29, 1.82) is 0 Å². The molecule has 0 spiro atoms. The van der Waals surface area contributed by atoms with Gasteiger partial charge < -0.3 is 24.8 Å². The molecule has 7 nitrogen and oxygen atoms in total. The lowest BCUT2D eigenvalue weighted by molar-refractivity contribution is -0.167. The normalized spacial score (nSPS) is 33.2. The second kappa shape index (κ2) is 10.9. The summed E-state index contributed by atoms with van der Waals surface area (Å²) in [6.07, 6.45) is 9.03. The van der Waals surface area contributed by atoms with Gasteiger partial charge >= 0.3 is 11.9 Å². The zero-order valence-corrected chi connectivity index (χ0v) is 25.1. The average Bonchev–Trinajstić information content (AvgIpc) is 2.75. The number of hydrogen-bond acceptors (Lipinski definition) is 7. The highest BCUT2D eigenvalue weighted by Crippen LogP contribution is 2.38. The molecule has 216 valence electrons. The highest BCUT2D eigenvalue weighted by Gasteiger charge is 2.42. The van der Waals surface area contributed by atoms with Gasteiger partial charge in [-0.25, -0.2) is 4.79 Å². The van der Waals surface area contributed by atoms with Crippen LogP contribution in [0.25, 0.3) is 0 Å². The molecule has 3 fully saturated rings. The van der Waals surface area contributed by atoms with E-state index in [1.165, 1.54) is 5.57 Å². The van der Waals surface area contributed by atoms with Crippen LogP contribution < -0.4 is 10.6 Å². The summed E-state index contributed by atoms with van der Waals surface area (Å²) in [5, 5.41) is 7.28. The number of esters is 2. The minimum absolute atomic E-state index is 0.0151. The Balaban J connectivity index is 1.22. The van der Waals surface area contributed by atoms with Crippen LogP contribution in [0.5, 0.6) is 0 Å². The third kappa shape index (κ3) is 7.82. The maximum Gasteiger partial charge on any atom is 0.335 e. The van der Waals surface area contributed by atoms with Gasteiger partial charge in [-0.15, -0.1) is 0 Å². The van der Waals surface area contributed by atoms with Crippen LogP contribution in [-0.2, 0) is 23.8 Å². The lowest BCUT2D eigenvalue weighted by atomic mass is 9.77. The quantitative estimate of drug-likeness (QED) is 0.371. The van der Waals surface area contributed by atoms with Gasteiger partial charge in [-0.1, -0.05) is 6.08 Å². The Hall–Kier alpha value is -1.44. The minimum atomic E-state index is -0.523. The lowest BCUT2D eigenvalue weighted by Gasteiger charge is -2.46. The maximum atomic E-state index is 13.0. The number of carbonyl (C=O) groups is 2. The van der Waals surface area contributed by atoms with E-state index in [0.29, 0.717) is 18.9 Å². The Bertz CT molecular complexity index is 881. The Labute approximate surface area is 230 Å². The van der Waals surface area contributed by atoms with Crippen LogP contribution >= 0.6 is 0 Å². The molecule has 0 aromatic carbocycles. The molecule has 1 aliphatic carbocycles. The first-order chi connectivity index (χ1) is 17.5. The first-order valence-electron chi connectivity index (χ1n) is 14.8. The zero-order valence-electron chi connectivity index (χ0n) is 25.1. The summed E-state index contributed by atoms with van der Waals surface area (Å²) < 4.78 is 18.0. The van der Waals surface area contributed by atoms with Gasteiger partial charge in [0.25, 0.3) is 0 Å². The van der Waals surface area contributed by atoms with Crippen molar-refractivity contribution in [1.82, 2.24) is 10.6 Å². The third-order valence-electron chi connectivity index (χ3n) is 8.76. The Morgan fingerprint density at radius 2 is 1.18 bits per heavy atom. The molecule has 38 heavy (non-hydrogen) atoms. The molecule has 0 bridgehead atoms. The highest BCUT2D eigenvalue weighted by atomic mass is 16.6. The smallest absolute Gasteiger partial charge is 0.335 e. The van der Waals surface area contributed by atoms with Crippen LogP contribution in [0.4, 0.5) is 0 Å². The summed E-state index contributed by atoms with van der Waals surface area (Å²) >= 11 is 0. The molecule has 4 rings (SSSR count). The molecule has 1 saturated carbocycles. The van der Waals surface area contributed by atoms with Gasteiger partial charge in [0.05, 0.1) is 12.5 Å². The number of carbonyl (C=O) groups excluding carboxylic acids is 2. The van der Waals surface area contributed by atoms with Gasteiger partial charge in [0.1, 0.15) is 12.2 Å². The number of piperidine rings is 2. The SMILES string of the molecule is CC1(C)CC(OC(=O)C2CCC(C3=CCC(C(=O)OC4CC(C)(C)NC(C)(C)C4)OC3)CC2)CC(C)(C)N1. The molecule has 4 aliphatic rings. The molecule has 0 radical (unpaired) electrons. The summed E-state index contributed by atoms with van der Waals surface area (Å²) in [4.78, 5) is 25.9. The van der Waals surface area contributed by atoms with Crippen molar-refractivity contribution in [2.75, 3.05) is 6.61 Å². The minimum Gasteiger partial charge on any atom is -0.462 e. The summed E-state index contributed by atoms with van der Waals surface area (Å²) in [5.41, 5.74) is 1.05. The predicted molar refractivity (Wildman–Crippen MR) is 149 cm³/mol. The van der Waals surface area contributed by atoms with Gasteiger partial charge in [-0.3, -0.25) is 4.79 Å². The van der Waals surface area contributed by atoms with Gasteiger partial charge in [-0.2, -0.15) is 0 Å². The fraction of sp³-hybridized carbons (Fsp3) is 0.871. The van der Waals surface area contributed by atoms with Gasteiger partial charge in [0.15, 0.2) is 6.10 Å². The molecule has 1 unspecified atom stereocenters. The number of ether oxygens (including phenoxy) is 3. The monoisotopic (exact) mass is 532 g/mol. The fourth-order valence-electron chi connectivity index (χ4n) is 7.86. The predicted octanol–water partition coefficient (Wildman–Crippen LogP) is 5.21. The highest BCUT2D eigenvalue weighted by molar-refractivity contribution is 5.75. The van der Waals surface area contributed by atoms with Crippen LogP contribution in [0, 0.1) is 11.8 Å². The molecular weight excluding hydrogens is 480 g/mol. The number of nitrogens with one attached hydrogen (secondary N) is 2. The van der Waals surface area contributed by atoms with Crippen molar-refractivity contribution >= 4 is 11.9 Å². The molecule has 0 aromatic heterocycles. The van der Waals surface area contributed by atoms with E-state index in [0.717, 1.165) is 51.4 Å². The van der Waals surface area contributed by atoms with Crippen molar-refractivity contribution < 1.29 is 23.8 Å². The van der Waals surface area contributed by atoms with E-state index in [-0.39, 0.29) is 52.2 Å². The van der Waals surface area contributed by atoms with Gasteiger partial charge in [0.2, 0.25) is 0 Å². The van der Waals surface area contributed by atoms with Gasteiger partial charge in [-0.05, 0) is 92.6 Å². The van der Waals surface area contributed by atoms with Crippen LogP contribution in [0.2, 0.25) is 0 Å². The number of hydrogen-bond donors (Lipinski definition) is 2. The fourth-order valence-corrected chi connectivity index (χ4v) is 7.86. The topological polar surface area (TPSA) is 85.9 Å². The van der Waals surface area contributed by atoms with Crippen LogP contribution in [-0.4, -0.2) is 59.0 Å². The molecule has 0 amide bonds. The van der Waals surface area contributed by atoms with Crippen LogP contribution in [0.3, 0.4) is 0 Å². The van der Waals surface area contributed by atoms with Crippen LogP contribution in [0.1, 0.15) is 113 Å². The van der Waals surface area contributed by atoms with E-state index in [1.807, 2.05) is 0 Å². The molecule has 3 aliphatic heterocycles. The summed E-state index contributed by atoms with van der Waals surface area (Å²) in [5.74, 6) is 0.134. The molecular formula is C31H52N2O5. The number of rotatable bonds is 5. The summed E-state index contributed by atoms with van der Waals surface area (Å²) in [7, 11) is 0. The van der Waals surface area contributed by atoms with E-state index in [2.05, 4.69) is 72.1 Å². The second-order valence-electron chi connectivity index (χ2n) is 15.1. The average molecular weight is 533 g/mol. The van der Waals surface area contributed by atoms with E-state index in [9.17, 15) is 9.59 Å². The molecule has 7 heteroatoms. The van der Waals surface area contributed by atoms with Crippen molar-refractivity contribution in [2.45, 2.75) is 154 Å². The molecule has 3 heterocycles. The first kappa shape index (κ1) is 29.5. The molecule has 2 saturated heterocycles. The van der Waals surface area contributed by atoms with Gasteiger partial charge in [0, 0.05) is 54.3 Å².